The van der Waals surface area contributed by atoms with Crippen molar-refractivity contribution in [3.8, 4) is 0 Å². The minimum Gasteiger partial charge on any atom is -0.322 e. The average Bonchev–Trinajstić information content (AvgIpc) is 3.12. The van der Waals surface area contributed by atoms with Gasteiger partial charge in [-0.2, -0.15) is 0 Å². The van der Waals surface area contributed by atoms with Crippen LogP contribution in [-0.4, -0.2) is 46.5 Å². The average molecular weight is 482 g/mol. The Morgan fingerprint density at radius 2 is 1.76 bits per heavy atom. The number of hydrogen-bond donors (Lipinski definition) is 2. The first-order chi connectivity index (χ1) is 16.5. The summed E-state index contributed by atoms with van der Waals surface area (Å²) in [6, 6.07) is 5.36. The molecule has 3 amide bonds. The van der Waals surface area contributed by atoms with Gasteiger partial charge >= 0.3 is 0 Å². The van der Waals surface area contributed by atoms with E-state index in [1.165, 1.54) is 44.9 Å². The van der Waals surface area contributed by atoms with Crippen LogP contribution in [0.3, 0.4) is 0 Å². The van der Waals surface area contributed by atoms with Gasteiger partial charge in [-0.1, -0.05) is 6.07 Å². The Kier molecular flexibility index (Phi) is 5.96. The smallest absolute Gasteiger partial charge is 0.255 e. The molecular weight excluding hydrogens is 446 g/mol. The van der Waals surface area contributed by atoms with Gasteiger partial charge in [0.15, 0.2) is 0 Å². The molecule has 1 aromatic rings. The van der Waals surface area contributed by atoms with Crippen molar-refractivity contribution in [1.82, 2.24) is 15.5 Å². The zero-order chi connectivity index (χ0) is 23.3. The molecule has 2 aliphatic heterocycles. The van der Waals surface area contributed by atoms with E-state index in [0.29, 0.717) is 24.1 Å². The number of carbonyl (C=O) groups excluding carboxylic acids is 3. The van der Waals surface area contributed by atoms with Gasteiger partial charge in [0.05, 0.1) is 0 Å². The van der Waals surface area contributed by atoms with Crippen LogP contribution in [0.1, 0.15) is 80.1 Å². The lowest BCUT2D eigenvalue weighted by Crippen LogP contribution is -2.58. The Balaban J connectivity index is 0.997. The highest BCUT2D eigenvalue weighted by molar-refractivity contribution is 7.99. The molecule has 7 rings (SSSR count). The molecule has 182 valence electrons. The molecule has 1 unspecified atom stereocenters. The first-order valence-corrected chi connectivity index (χ1v) is 14.1. The molecule has 4 bridgehead atoms. The van der Waals surface area contributed by atoms with Crippen molar-refractivity contribution < 1.29 is 14.4 Å². The van der Waals surface area contributed by atoms with E-state index in [9.17, 15) is 14.4 Å². The third-order valence-corrected chi connectivity index (χ3v) is 10.1. The summed E-state index contributed by atoms with van der Waals surface area (Å²) in [5.74, 6) is 3.29. The van der Waals surface area contributed by atoms with Gasteiger partial charge in [0.25, 0.3) is 5.91 Å². The third-order valence-electron chi connectivity index (χ3n) is 8.91. The molecule has 0 radical (unpaired) electrons. The fraction of sp³-hybridized carbons (Fsp3) is 0.667. The molecule has 6 nitrogen and oxygen atoms in total. The van der Waals surface area contributed by atoms with E-state index < -0.39 is 6.04 Å². The van der Waals surface area contributed by atoms with Gasteiger partial charge < -0.3 is 10.2 Å². The Hall–Kier alpha value is -1.86. The predicted octanol–water partition coefficient (Wildman–Crippen LogP) is 3.88. The molecule has 0 spiro atoms. The van der Waals surface area contributed by atoms with Crippen LogP contribution in [0.15, 0.2) is 23.1 Å². The first-order valence-electron chi connectivity index (χ1n) is 13.1. The lowest BCUT2D eigenvalue weighted by atomic mass is 9.53. The molecule has 4 saturated carbocycles. The van der Waals surface area contributed by atoms with Gasteiger partial charge in [-0.15, -0.1) is 11.8 Å². The molecular formula is C27H35N3O3S. The Morgan fingerprint density at radius 3 is 2.47 bits per heavy atom. The molecule has 1 aromatic carbocycles. The van der Waals surface area contributed by atoms with E-state index in [4.69, 9.17) is 0 Å². The van der Waals surface area contributed by atoms with Crippen molar-refractivity contribution in [2.75, 3.05) is 12.3 Å². The van der Waals surface area contributed by atoms with Gasteiger partial charge in [-0.05, 0) is 106 Å². The van der Waals surface area contributed by atoms with Crippen LogP contribution >= 0.6 is 11.8 Å². The first kappa shape index (κ1) is 22.6. The van der Waals surface area contributed by atoms with E-state index in [-0.39, 0.29) is 24.1 Å². The van der Waals surface area contributed by atoms with Crippen molar-refractivity contribution in [3.05, 3.63) is 29.3 Å². The van der Waals surface area contributed by atoms with Crippen molar-refractivity contribution in [3.63, 3.8) is 0 Å². The second kappa shape index (κ2) is 8.98. The van der Waals surface area contributed by atoms with E-state index in [0.717, 1.165) is 46.9 Å². The monoisotopic (exact) mass is 481 g/mol. The third kappa shape index (κ3) is 4.19. The van der Waals surface area contributed by atoms with Gasteiger partial charge in [0, 0.05) is 29.0 Å². The zero-order valence-electron chi connectivity index (χ0n) is 19.8. The number of nitrogens with one attached hydrogen (secondary N) is 2. The molecule has 1 saturated heterocycles. The van der Waals surface area contributed by atoms with E-state index >= 15 is 0 Å². The Bertz CT molecular complexity index is 974. The largest absolute Gasteiger partial charge is 0.322 e. The zero-order valence-corrected chi connectivity index (χ0v) is 20.6. The molecule has 2 N–H and O–H groups in total. The van der Waals surface area contributed by atoms with Crippen molar-refractivity contribution in [1.29, 1.82) is 0 Å². The molecule has 5 fully saturated rings. The number of thioether (sulfide) groups is 1. The standard InChI is InChI=1S/C27H35N3O3S/c31-24-7-6-22(25(32)29-24)30-16-21-20(26(30)33)4-3-5-23(21)34-9-2-1-8-28-27-13-17-10-18(14-27)12-19(11-17)15-27/h3-5,17-19,22,28H,1-2,6-16H2,(H,29,31,32). The molecule has 1 atom stereocenters. The minimum absolute atomic E-state index is 0.0910. The van der Waals surface area contributed by atoms with Crippen LogP contribution in [0, 0.1) is 17.8 Å². The van der Waals surface area contributed by atoms with Crippen molar-refractivity contribution in [2.24, 2.45) is 17.8 Å². The summed E-state index contributed by atoms with van der Waals surface area (Å²) >= 11 is 1.83. The number of benzene rings is 1. The Morgan fingerprint density at radius 1 is 1.03 bits per heavy atom. The maximum atomic E-state index is 13.0. The summed E-state index contributed by atoms with van der Waals surface area (Å²) in [4.78, 5) is 39.6. The number of carbonyl (C=O) groups is 3. The molecule has 7 heteroatoms. The highest BCUT2D eigenvalue weighted by atomic mass is 32.2. The van der Waals surface area contributed by atoms with E-state index in [1.54, 1.807) is 4.90 Å². The summed E-state index contributed by atoms with van der Waals surface area (Å²) in [6.07, 6.45) is 11.7. The number of amides is 3. The fourth-order valence-corrected chi connectivity index (χ4v) is 8.87. The molecule has 6 aliphatic rings. The number of unbranched alkanes of at least 4 members (excludes halogenated alkanes) is 1. The van der Waals surface area contributed by atoms with Crippen LogP contribution in [0.25, 0.3) is 0 Å². The topological polar surface area (TPSA) is 78.5 Å². The quantitative estimate of drug-likeness (QED) is 0.335. The van der Waals surface area contributed by atoms with Crippen molar-refractivity contribution >= 4 is 29.5 Å². The number of imide groups is 1. The molecule has 2 heterocycles. The van der Waals surface area contributed by atoms with Gasteiger partial charge in [0.2, 0.25) is 11.8 Å². The maximum absolute atomic E-state index is 13.0. The van der Waals surface area contributed by atoms with E-state index in [2.05, 4.69) is 16.7 Å². The molecule has 34 heavy (non-hydrogen) atoms. The van der Waals surface area contributed by atoms with E-state index in [1.807, 2.05) is 23.9 Å². The van der Waals surface area contributed by atoms with Crippen LogP contribution in [0.5, 0.6) is 0 Å². The highest BCUT2D eigenvalue weighted by Crippen LogP contribution is 2.55. The Labute approximate surface area is 206 Å². The minimum atomic E-state index is -0.550. The summed E-state index contributed by atoms with van der Waals surface area (Å²) in [7, 11) is 0. The summed E-state index contributed by atoms with van der Waals surface area (Å²) in [5, 5.41) is 6.38. The fourth-order valence-electron chi connectivity index (χ4n) is 7.78. The molecule has 4 aliphatic carbocycles. The lowest BCUT2D eigenvalue weighted by molar-refractivity contribution is -0.136. The van der Waals surface area contributed by atoms with Crippen molar-refractivity contribution in [2.45, 2.75) is 87.2 Å². The number of nitrogens with zero attached hydrogens (tertiary/aromatic N) is 1. The van der Waals surface area contributed by atoms with Gasteiger partial charge in [-0.3, -0.25) is 19.7 Å². The number of hydrogen-bond acceptors (Lipinski definition) is 5. The van der Waals surface area contributed by atoms with Gasteiger partial charge in [-0.25, -0.2) is 0 Å². The van der Waals surface area contributed by atoms with Gasteiger partial charge in [0.1, 0.15) is 6.04 Å². The highest BCUT2D eigenvalue weighted by Gasteiger charge is 2.50. The second-order valence-electron chi connectivity index (χ2n) is 11.4. The predicted molar refractivity (Wildman–Crippen MR) is 131 cm³/mol. The summed E-state index contributed by atoms with van der Waals surface area (Å²) in [5.41, 5.74) is 2.19. The number of piperidine rings is 1. The normalized spacial score (nSPS) is 34.0. The van der Waals surface area contributed by atoms with Crippen LogP contribution < -0.4 is 10.6 Å². The maximum Gasteiger partial charge on any atom is 0.255 e. The SMILES string of the molecule is O=C1CCC(N2Cc3c(SCCCCNC45CC6CC(CC(C6)C4)C5)cccc3C2=O)C(=O)N1. The lowest BCUT2D eigenvalue weighted by Gasteiger charge is -2.57. The summed E-state index contributed by atoms with van der Waals surface area (Å²) in [6.45, 7) is 1.57. The summed E-state index contributed by atoms with van der Waals surface area (Å²) < 4.78 is 0. The second-order valence-corrected chi connectivity index (χ2v) is 12.5. The van der Waals surface area contributed by atoms with Crippen LogP contribution in [-0.2, 0) is 16.1 Å². The number of fused-ring (bicyclic) bond motifs is 1. The molecule has 0 aromatic heterocycles. The van der Waals surface area contributed by atoms with Crippen LogP contribution in [0.2, 0.25) is 0 Å². The number of rotatable bonds is 8. The van der Waals surface area contributed by atoms with Crippen LogP contribution in [0.4, 0.5) is 0 Å².